The summed E-state index contributed by atoms with van der Waals surface area (Å²) in [5.74, 6) is 0.0417. The first-order valence-electron chi connectivity index (χ1n) is 6.95. The topological polar surface area (TPSA) is 63.6 Å². The van der Waals surface area contributed by atoms with E-state index >= 15 is 0 Å². The molecular weight excluding hydrogens is 244 g/mol. The van der Waals surface area contributed by atoms with E-state index in [-0.39, 0.29) is 11.3 Å². The molecule has 4 nitrogen and oxygen atoms in total. The Morgan fingerprint density at radius 2 is 2.16 bits per heavy atom. The molecule has 2 aliphatic rings. The van der Waals surface area contributed by atoms with Crippen LogP contribution in [0.15, 0.2) is 11.1 Å². The highest BCUT2D eigenvalue weighted by molar-refractivity contribution is 5.92. The predicted octanol–water partition coefficient (Wildman–Crippen LogP) is 2.21. The van der Waals surface area contributed by atoms with Crippen molar-refractivity contribution in [3.8, 4) is 0 Å². The number of rotatable bonds is 3. The fraction of sp³-hybridized carbons (Fsp3) is 0.733. The molecule has 1 saturated carbocycles. The SMILES string of the molecule is CC1=C(C[C@H]2CCC[C@H](C)[C@@]2(C)C=O)C(=O)OC1O. The van der Waals surface area contributed by atoms with Gasteiger partial charge in [-0.25, -0.2) is 4.79 Å². The molecular formula is C15H22O4. The van der Waals surface area contributed by atoms with Crippen LogP contribution >= 0.6 is 0 Å². The van der Waals surface area contributed by atoms with Crippen LogP contribution in [0.5, 0.6) is 0 Å². The molecule has 0 spiro atoms. The summed E-state index contributed by atoms with van der Waals surface area (Å²) < 4.78 is 4.81. The normalized spacial score (nSPS) is 39.4. The van der Waals surface area contributed by atoms with Crippen molar-refractivity contribution in [3.63, 3.8) is 0 Å². The lowest BCUT2D eigenvalue weighted by atomic mass is 9.61. The summed E-state index contributed by atoms with van der Waals surface area (Å²) in [4.78, 5) is 23.2. The van der Waals surface area contributed by atoms with E-state index in [1.807, 2.05) is 6.92 Å². The fourth-order valence-corrected chi connectivity index (χ4v) is 3.29. The number of carbonyl (C=O) groups excluding carboxylic acids is 2. The number of aldehydes is 1. The molecule has 0 aromatic rings. The summed E-state index contributed by atoms with van der Waals surface area (Å²) in [7, 11) is 0. The number of carbonyl (C=O) groups is 2. The van der Waals surface area contributed by atoms with Crippen molar-refractivity contribution in [2.45, 2.75) is 52.7 Å². The van der Waals surface area contributed by atoms with Crippen LogP contribution in [-0.4, -0.2) is 23.7 Å². The zero-order chi connectivity index (χ0) is 14.2. The molecule has 4 heteroatoms. The van der Waals surface area contributed by atoms with Crippen LogP contribution in [0.2, 0.25) is 0 Å². The first-order valence-corrected chi connectivity index (χ1v) is 6.95. The van der Waals surface area contributed by atoms with E-state index < -0.39 is 12.3 Å². The van der Waals surface area contributed by atoms with Gasteiger partial charge in [-0.2, -0.15) is 0 Å². The minimum atomic E-state index is -1.11. The maximum atomic E-state index is 11.7. The number of cyclic esters (lactones) is 1. The average molecular weight is 266 g/mol. The molecule has 2 rings (SSSR count). The predicted molar refractivity (Wildman–Crippen MR) is 70.1 cm³/mol. The third-order valence-electron chi connectivity index (χ3n) is 5.15. The third-order valence-corrected chi connectivity index (χ3v) is 5.15. The van der Waals surface area contributed by atoms with Gasteiger partial charge in [-0.15, -0.1) is 0 Å². The molecule has 0 aromatic carbocycles. The first-order chi connectivity index (χ1) is 8.90. The lowest BCUT2D eigenvalue weighted by Crippen LogP contribution is -2.39. The van der Waals surface area contributed by atoms with Crippen molar-refractivity contribution >= 4 is 12.3 Å². The smallest absolute Gasteiger partial charge is 0.336 e. The summed E-state index contributed by atoms with van der Waals surface area (Å²) >= 11 is 0. The van der Waals surface area contributed by atoms with E-state index in [0.29, 0.717) is 23.5 Å². The number of ether oxygens (including phenoxy) is 1. The second-order valence-electron chi connectivity index (χ2n) is 6.14. The Morgan fingerprint density at radius 1 is 1.47 bits per heavy atom. The minimum Gasteiger partial charge on any atom is -0.428 e. The number of hydrogen-bond donors (Lipinski definition) is 1. The molecule has 4 atom stereocenters. The number of aliphatic hydroxyl groups is 1. The molecule has 1 unspecified atom stereocenters. The summed E-state index contributed by atoms with van der Waals surface area (Å²) in [6, 6.07) is 0. The Kier molecular flexibility index (Phi) is 3.81. The summed E-state index contributed by atoms with van der Waals surface area (Å²) in [5, 5.41) is 9.54. The Bertz CT molecular complexity index is 426. The largest absolute Gasteiger partial charge is 0.428 e. The second-order valence-corrected chi connectivity index (χ2v) is 6.14. The number of esters is 1. The highest BCUT2D eigenvalue weighted by Crippen LogP contribution is 2.47. The third kappa shape index (κ3) is 2.34. The Morgan fingerprint density at radius 3 is 2.68 bits per heavy atom. The Labute approximate surface area is 113 Å². The molecule has 1 aliphatic heterocycles. The lowest BCUT2D eigenvalue weighted by molar-refractivity contribution is -0.152. The van der Waals surface area contributed by atoms with Crippen molar-refractivity contribution in [1.29, 1.82) is 0 Å². The number of hydrogen-bond acceptors (Lipinski definition) is 4. The Hall–Kier alpha value is -1.16. The molecule has 1 N–H and O–H groups in total. The quantitative estimate of drug-likeness (QED) is 0.628. The van der Waals surface area contributed by atoms with Gasteiger partial charge in [0.1, 0.15) is 6.29 Å². The van der Waals surface area contributed by atoms with Crippen molar-refractivity contribution in [2.75, 3.05) is 0 Å². The van der Waals surface area contributed by atoms with Crippen LogP contribution in [-0.2, 0) is 14.3 Å². The molecule has 1 fully saturated rings. The highest BCUT2D eigenvalue weighted by atomic mass is 16.6. The van der Waals surface area contributed by atoms with Gasteiger partial charge in [0.25, 0.3) is 0 Å². The van der Waals surface area contributed by atoms with Gasteiger partial charge in [-0.3, -0.25) is 0 Å². The van der Waals surface area contributed by atoms with E-state index in [4.69, 9.17) is 4.74 Å². The summed E-state index contributed by atoms with van der Waals surface area (Å²) in [6.45, 7) is 5.81. The van der Waals surface area contributed by atoms with E-state index in [0.717, 1.165) is 25.5 Å². The fourth-order valence-electron chi connectivity index (χ4n) is 3.29. The highest BCUT2D eigenvalue weighted by Gasteiger charge is 2.43. The van der Waals surface area contributed by atoms with E-state index in [2.05, 4.69) is 6.92 Å². The molecule has 0 saturated heterocycles. The van der Waals surface area contributed by atoms with Crippen LogP contribution in [0.4, 0.5) is 0 Å². The zero-order valence-corrected chi connectivity index (χ0v) is 11.8. The molecule has 106 valence electrons. The molecule has 19 heavy (non-hydrogen) atoms. The minimum absolute atomic E-state index is 0.150. The maximum Gasteiger partial charge on any atom is 0.336 e. The van der Waals surface area contributed by atoms with Gasteiger partial charge in [0.15, 0.2) is 0 Å². The standard InChI is InChI=1S/C15H22O4/c1-9-5-4-6-11(15(9,3)8-16)7-12-10(2)13(17)19-14(12)18/h8-9,11,13,17H,4-7H2,1-3H3/t9-,11+,13?,15+/m0/s1. The first kappa shape index (κ1) is 14.3. The molecule has 0 amide bonds. The van der Waals surface area contributed by atoms with Crippen molar-refractivity contribution < 1.29 is 19.4 Å². The van der Waals surface area contributed by atoms with E-state index in [1.54, 1.807) is 6.92 Å². The molecule has 0 aromatic heterocycles. The van der Waals surface area contributed by atoms with Gasteiger partial charge < -0.3 is 14.6 Å². The van der Waals surface area contributed by atoms with Crippen LogP contribution in [0, 0.1) is 17.3 Å². The van der Waals surface area contributed by atoms with Crippen molar-refractivity contribution in [3.05, 3.63) is 11.1 Å². The lowest BCUT2D eigenvalue weighted by Gasteiger charge is -2.42. The van der Waals surface area contributed by atoms with Gasteiger partial charge >= 0.3 is 5.97 Å². The van der Waals surface area contributed by atoms with E-state index in [9.17, 15) is 14.7 Å². The van der Waals surface area contributed by atoms with Gasteiger partial charge in [0.2, 0.25) is 6.29 Å². The van der Waals surface area contributed by atoms with Gasteiger partial charge in [0.05, 0.1) is 0 Å². The molecule has 1 heterocycles. The molecule has 1 aliphatic carbocycles. The van der Waals surface area contributed by atoms with Gasteiger partial charge in [0, 0.05) is 16.6 Å². The van der Waals surface area contributed by atoms with Crippen LogP contribution < -0.4 is 0 Å². The van der Waals surface area contributed by atoms with Crippen molar-refractivity contribution in [1.82, 2.24) is 0 Å². The van der Waals surface area contributed by atoms with E-state index in [1.165, 1.54) is 0 Å². The van der Waals surface area contributed by atoms with Gasteiger partial charge in [-0.05, 0) is 38.0 Å². The molecule has 0 radical (unpaired) electrons. The van der Waals surface area contributed by atoms with Crippen LogP contribution in [0.25, 0.3) is 0 Å². The summed E-state index contributed by atoms with van der Waals surface area (Å²) in [6.07, 6.45) is 3.55. The Balaban J connectivity index is 2.22. The monoisotopic (exact) mass is 266 g/mol. The van der Waals surface area contributed by atoms with Crippen LogP contribution in [0.3, 0.4) is 0 Å². The average Bonchev–Trinajstić information content (AvgIpc) is 2.61. The van der Waals surface area contributed by atoms with Crippen molar-refractivity contribution in [2.24, 2.45) is 17.3 Å². The summed E-state index contributed by atoms with van der Waals surface area (Å²) in [5.41, 5.74) is 0.760. The zero-order valence-electron chi connectivity index (χ0n) is 11.8. The van der Waals surface area contributed by atoms with Gasteiger partial charge in [-0.1, -0.05) is 20.3 Å². The number of aliphatic hydroxyl groups excluding tert-OH is 1. The molecule has 0 bridgehead atoms. The van der Waals surface area contributed by atoms with Crippen LogP contribution in [0.1, 0.15) is 46.5 Å². The second kappa shape index (κ2) is 5.08. The maximum absolute atomic E-state index is 11.7.